The van der Waals surface area contributed by atoms with Crippen LogP contribution in [0.5, 0.6) is 0 Å². The highest BCUT2D eigenvalue weighted by molar-refractivity contribution is 5.80. The van der Waals surface area contributed by atoms with Crippen LogP contribution in [0, 0.1) is 17.8 Å². The molecule has 0 radical (unpaired) electrons. The van der Waals surface area contributed by atoms with Crippen LogP contribution in [-0.2, 0) is 9.59 Å². The Morgan fingerprint density at radius 3 is 2.45 bits per heavy atom. The average Bonchev–Trinajstić information content (AvgIpc) is 2.99. The van der Waals surface area contributed by atoms with Gasteiger partial charge in [0.1, 0.15) is 0 Å². The predicted octanol–water partition coefficient (Wildman–Crippen LogP) is -0.587. The summed E-state index contributed by atoms with van der Waals surface area (Å²) in [4.78, 5) is 29.6. The van der Waals surface area contributed by atoms with E-state index in [-0.39, 0.29) is 23.7 Å². The van der Waals surface area contributed by atoms with Gasteiger partial charge in [0, 0.05) is 26.2 Å². The fourth-order valence-electron chi connectivity index (χ4n) is 3.65. The highest BCUT2D eigenvalue weighted by atomic mass is 16.4. The summed E-state index contributed by atoms with van der Waals surface area (Å²) >= 11 is 0. The first-order valence-electron chi connectivity index (χ1n) is 7.47. The van der Waals surface area contributed by atoms with Crippen molar-refractivity contribution in [2.75, 3.05) is 52.9 Å². The molecule has 0 aromatic heterocycles. The van der Waals surface area contributed by atoms with E-state index in [1.165, 1.54) is 0 Å². The van der Waals surface area contributed by atoms with E-state index in [0.29, 0.717) is 19.6 Å². The number of rotatable bonds is 3. The Bertz CT molecular complexity index is 402. The third-order valence-electron chi connectivity index (χ3n) is 5.00. The number of likely N-dealkylation sites (N-methyl/N-ethyl adjacent to an activating group) is 1. The maximum Gasteiger partial charge on any atom is 0.307 e. The zero-order valence-corrected chi connectivity index (χ0v) is 12.0. The molecule has 20 heavy (non-hydrogen) atoms. The molecule has 2 heterocycles. The van der Waals surface area contributed by atoms with Gasteiger partial charge >= 0.3 is 5.97 Å². The second-order valence-electron chi connectivity index (χ2n) is 6.42. The number of nitrogens with zero attached hydrogens (tertiary/aromatic N) is 3. The fourth-order valence-corrected chi connectivity index (χ4v) is 3.65. The lowest BCUT2D eigenvalue weighted by Gasteiger charge is -2.24. The molecule has 1 N–H and O–H groups in total. The van der Waals surface area contributed by atoms with Gasteiger partial charge in [0.05, 0.1) is 12.5 Å². The summed E-state index contributed by atoms with van der Waals surface area (Å²) in [6, 6.07) is 0. The minimum absolute atomic E-state index is 0.172. The molecule has 0 aromatic carbocycles. The number of fused-ring (bicyclic) bond motifs is 1. The summed E-state index contributed by atoms with van der Waals surface area (Å²) in [6.45, 7) is 5.82. The van der Waals surface area contributed by atoms with E-state index in [4.69, 9.17) is 5.11 Å². The van der Waals surface area contributed by atoms with Crippen molar-refractivity contribution in [1.82, 2.24) is 14.7 Å². The Hall–Kier alpha value is -1.14. The van der Waals surface area contributed by atoms with Crippen molar-refractivity contribution >= 4 is 11.9 Å². The Kier molecular flexibility index (Phi) is 3.69. The van der Waals surface area contributed by atoms with Gasteiger partial charge < -0.3 is 14.9 Å². The Morgan fingerprint density at radius 1 is 1.10 bits per heavy atom. The monoisotopic (exact) mass is 281 g/mol. The first-order chi connectivity index (χ1) is 9.56. The van der Waals surface area contributed by atoms with E-state index in [0.717, 1.165) is 32.6 Å². The number of piperidine rings is 1. The van der Waals surface area contributed by atoms with Crippen LogP contribution in [0.1, 0.15) is 6.42 Å². The summed E-state index contributed by atoms with van der Waals surface area (Å²) in [5.41, 5.74) is 0. The molecular formula is C14H23N3O3. The number of carbonyl (C=O) groups excluding carboxylic acids is 1. The molecule has 3 atom stereocenters. The lowest BCUT2D eigenvalue weighted by Crippen LogP contribution is -2.42. The topological polar surface area (TPSA) is 64.1 Å². The summed E-state index contributed by atoms with van der Waals surface area (Å²) in [7, 11) is 2.12. The van der Waals surface area contributed by atoms with E-state index in [9.17, 15) is 9.59 Å². The standard InChI is InChI=1S/C14H23N3O3/c1-15-3-2-4-16(6-5-15)9-12(18)17-7-10-11(8-17)13(10)14(19)20/h10-11,13H,2-9H2,1H3,(H,19,20)/t10-,11+,13?. The highest BCUT2D eigenvalue weighted by Crippen LogP contribution is 2.51. The largest absolute Gasteiger partial charge is 0.481 e. The van der Waals surface area contributed by atoms with Crippen molar-refractivity contribution in [3.63, 3.8) is 0 Å². The molecular weight excluding hydrogens is 258 g/mol. The van der Waals surface area contributed by atoms with Crippen LogP contribution in [0.4, 0.5) is 0 Å². The molecule has 112 valence electrons. The second-order valence-corrected chi connectivity index (χ2v) is 6.42. The summed E-state index contributed by atoms with van der Waals surface area (Å²) < 4.78 is 0. The van der Waals surface area contributed by atoms with Crippen LogP contribution < -0.4 is 0 Å². The number of hydrogen-bond acceptors (Lipinski definition) is 4. The quantitative estimate of drug-likeness (QED) is 0.749. The summed E-state index contributed by atoms with van der Waals surface area (Å²) in [5, 5.41) is 8.98. The zero-order chi connectivity index (χ0) is 14.3. The van der Waals surface area contributed by atoms with E-state index < -0.39 is 5.97 Å². The Labute approximate surface area is 119 Å². The number of amides is 1. The molecule has 1 amide bonds. The molecule has 0 spiro atoms. The molecule has 1 saturated carbocycles. The Morgan fingerprint density at radius 2 is 1.80 bits per heavy atom. The van der Waals surface area contributed by atoms with Gasteiger partial charge in [0.25, 0.3) is 0 Å². The van der Waals surface area contributed by atoms with E-state index in [2.05, 4.69) is 16.8 Å². The maximum absolute atomic E-state index is 12.3. The molecule has 3 rings (SSSR count). The smallest absolute Gasteiger partial charge is 0.307 e. The van der Waals surface area contributed by atoms with Gasteiger partial charge in [-0.3, -0.25) is 14.5 Å². The summed E-state index contributed by atoms with van der Waals surface area (Å²) in [5.74, 6) is -0.280. The van der Waals surface area contributed by atoms with Gasteiger partial charge in [-0.15, -0.1) is 0 Å². The highest BCUT2D eigenvalue weighted by Gasteiger charge is 2.60. The van der Waals surface area contributed by atoms with E-state index in [1.807, 2.05) is 4.90 Å². The predicted molar refractivity (Wildman–Crippen MR) is 73.2 cm³/mol. The molecule has 3 aliphatic rings. The van der Waals surface area contributed by atoms with Crippen molar-refractivity contribution in [2.24, 2.45) is 17.8 Å². The lowest BCUT2D eigenvalue weighted by atomic mass is 10.2. The molecule has 0 bridgehead atoms. The number of carboxylic acid groups (broad SMARTS) is 1. The van der Waals surface area contributed by atoms with Crippen LogP contribution in [-0.4, -0.2) is 84.5 Å². The van der Waals surface area contributed by atoms with Crippen molar-refractivity contribution < 1.29 is 14.7 Å². The number of hydrogen-bond donors (Lipinski definition) is 1. The molecule has 1 aliphatic carbocycles. The molecule has 6 nitrogen and oxygen atoms in total. The van der Waals surface area contributed by atoms with E-state index in [1.54, 1.807) is 0 Å². The number of carboxylic acids is 1. The third kappa shape index (κ3) is 2.67. The number of carbonyl (C=O) groups is 2. The van der Waals surface area contributed by atoms with Gasteiger partial charge in [-0.1, -0.05) is 0 Å². The molecule has 2 saturated heterocycles. The van der Waals surface area contributed by atoms with Crippen LogP contribution in [0.15, 0.2) is 0 Å². The number of aliphatic carboxylic acids is 1. The Balaban J connectivity index is 1.46. The SMILES string of the molecule is CN1CCCN(CC(=O)N2C[C@@H]3C(C(=O)O)[C@@H]3C2)CC1. The first-order valence-corrected chi connectivity index (χ1v) is 7.47. The molecule has 6 heteroatoms. The van der Waals surface area contributed by atoms with Crippen LogP contribution >= 0.6 is 0 Å². The molecule has 2 aliphatic heterocycles. The lowest BCUT2D eigenvalue weighted by molar-refractivity contribution is -0.141. The zero-order valence-electron chi connectivity index (χ0n) is 12.0. The number of likely N-dealkylation sites (tertiary alicyclic amines) is 1. The molecule has 1 unspecified atom stereocenters. The van der Waals surface area contributed by atoms with Gasteiger partial charge in [-0.2, -0.15) is 0 Å². The fraction of sp³-hybridized carbons (Fsp3) is 0.857. The molecule has 0 aromatic rings. The maximum atomic E-state index is 12.3. The van der Waals surface area contributed by atoms with Crippen molar-refractivity contribution in [1.29, 1.82) is 0 Å². The van der Waals surface area contributed by atoms with Crippen molar-refractivity contribution in [2.45, 2.75) is 6.42 Å². The average molecular weight is 281 g/mol. The van der Waals surface area contributed by atoms with E-state index >= 15 is 0 Å². The third-order valence-corrected chi connectivity index (χ3v) is 5.00. The second kappa shape index (κ2) is 5.33. The first kappa shape index (κ1) is 13.8. The molecule has 3 fully saturated rings. The minimum Gasteiger partial charge on any atom is -0.481 e. The van der Waals surface area contributed by atoms with Gasteiger partial charge in [0.2, 0.25) is 5.91 Å². The van der Waals surface area contributed by atoms with Gasteiger partial charge in [0.15, 0.2) is 0 Å². The van der Waals surface area contributed by atoms with Crippen LogP contribution in [0.25, 0.3) is 0 Å². The minimum atomic E-state index is -0.692. The van der Waals surface area contributed by atoms with Crippen LogP contribution in [0.3, 0.4) is 0 Å². The van der Waals surface area contributed by atoms with Crippen molar-refractivity contribution in [3.8, 4) is 0 Å². The van der Waals surface area contributed by atoms with Crippen LogP contribution in [0.2, 0.25) is 0 Å². The summed E-state index contributed by atoms with van der Waals surface area (Å²) in [6.07, 6.45) is 1.11. The normalized spacial score (nSPS) is 34.6. The van der Waals surface area contributed by atoms with Crippen molar-refractivity contribution in [3.05, 3.63) is 0 Å². The van der Waals surface area contributed by atoms with Gasteiger partial charge in [-0.05, 0) is 38.4 Å². The van der Waals surface area contributed by atoms with Gasteiger partial charge in [-0.25, -0.2) is 0 Å².